The molecule has 2 heterocycles. The summed E-state index contributed by atoms with van der Waals surface area (Å²) in [6, 6.07) is 5.65. The van der Waals surface area contributed by atoms with Crippen molar-refractivity contribution in [1.82, 2.24) is 9.55 Å². The maximum absolute atomic E-state index is 13.1. The van der Waals surface area contributed by atoms with E-state index < -0.39 is 11.7 Å². The lowest BCUT2D eigenvalue weighted by atomic mass is 9.99. The van der Waals surface area contributed by atoms with Crippen molar-refractivity contribution >= 4 is 0 Å². The summed E-state index contributed by atoms with van der Waals surface area (Å²) in [4.78, 5) is 4.24. The second kappa shape index (κ2) is 4.65. The highest BCUT2D eigenvalue weighted by Crippen LogP contribution is 2.37. The molecule has 2 aromatic rings. The average Bonchev–Trinajstić information content (AvgIpc) is 2.80. The number of nitrogens with zero attached hydrogens (tertiary/aromatic N) is 2. The Morgan fingerprint density at radius 2 is 2.00 bits per heavy atom. The molecule has 1 aromatic carbocycles. The summed E-state index contributed by atoms with van der Waals surface area (Å²) in [6.45, 7) is 2.85. The fourth-order valence-corrected chi connectivity index (χ4v) is 2.75. The van der Waals surface area contributed by atoms with Crippen LogP contribution in [-0.2, 0) is 19.1 Å². The molecule has 0 N–H and O–H groups in total. The number of rotatable bonds is 1. The van der Waals surface area contributed by atoms with Crippen molar-refractivity contribution in [2.24, 2.45) is 5.92 Å². The van der Waals surface area contributed by atoms with Crippen LogP contribution in [0.25, 0.3) is 11.4 Å². The smallest absolute Gasteiger partial charge is 0.328 e. The van der Waals surface area contributed by atoms with Crippen LogP contribution in [0.2, 0.25) is 0 Å². The van der Waals surface area contributed by atoms with E-state index in [9.17, 15) is 13.2 Å². The third-order valence-corrected chi connectivity index (χ3v) is 3.80. The quantitative estimate of drug-likeness (QED) is 0.767. The maximum atomic E-state index is 13.1. The zero-order valence-corrected chi connectivity index (χ0v) is 11.1. The van der Waals surface area contributed by atoms with Crippen molar-refractivity contribution in [2.75, 3.05) is 0 Å². The summed E-state index contributed by atoms with van der Waals surface area (Å²) in [5.74, 6) is 0.896. The van der Waals surface area contributed by atoms with E-state index in [1.165, 1.54) is 12.1 Å². The van der Waals surface area contributed by atoms with Crippen LogP contribution in [0.5, 0.6) is 0 Å². The minimum Gasteiger partial charge on any atom is -0.328 e. The Morgan fingerprint density at radius 3 is 2.75 bits per heavy atom. The van der Waals surface area contributed by atoms with Crippen molar-refractivity contribution in [2.45, 2.75) is 32.5 Å². The van der Waals surface area contributed by atoms with Crippen LogP contribution in [0.15, 0.2) is 30.5 Å². The number of alkyl halides is 3. The van der Waals surface area contributed by atoms with Crippen molar-refractivity contribution in [3.8, 4) is 11.4 Å². The van der Waals surface area contributed by atoms with Crippen LogP contribution < -0.4 is 0 Å². The zero-order valence-electron chi connectivity index (χ0n) is 11.1. The summed E-state index contributed by atoms with van der Waals surface area (Å²) in [5.41, 5.74) is 0.571. The predicted octanol–water partition coefficient (Wildman–Crippen LogP) is 4.15. The van der Waals surface area contributed by atoms with Crippen LogP contribution in [0.4, 0.5) is 13.2 Å². The minimum atomic E-state index is -4.36. The summed E-state index contributed by atoms with van der Waals surface area (Å²) < 4.78 is 41.3. The second-order valence-corrected chi connectivity index (χ2v) is 5.37. The topological polar surface area (TPSA) is 17.8 Å². The first-order valence-corrected chi connectivity index (χ1v) is 6.68. The Morgan fingerprint density at radius 1 is 1.25 bits per heavy atom. The third-order valence-electron chi connectivity index (χ3n) is 3.80. The molecule has 1 aliphatic rings. The van der Waals surface area contributed by atoms with Gasteiger partial charge in [0.25, 0.3) is 0 Å². The number of aryl methyl sites for hydroxylation is 1. The number of fused-ring (bicyclic) bond motifs is 1. The zero-order chi connectivity index (χ0) is 14.3. The number of halogens is 3. The highest BCUT2D eigenvalue weighted by Gasteiger charge is 2.34. The number of hydrogen-bond donors (Lipinski definition) is 0. The minimum absolute atomic E-state index is 0.167. The van der Waals surface area contributed by atoms with E-state index in [1.807, 2.05) is 4.57 Å². The van der Waals surface area contributed by atoms with E-state index in [1.54, 1.807) is 12.3 Å². The van der Waals surface area contributed by atoms with Gasteiger partial charge in [0.2, 0.25) is 0 Å². The molecule has 1 aliphatic heterocycles. The summed E-state index contributed by atoms with van der Waals surface area (Å²) in [5, 5.41) is 0. The molecule has 20 heavy (non-hydrogen) atoms. The van der Waals surface area contributed by atoms with E-state index >= 15 is 0 Å². The Kier molecular flexibility index (Phi) is 3.07. The lowest BCUT2D eigenvalue weighted by Crippen LogP contribution is -2.19. The molecule has 0 saturated heterocycles. The maximum Gasteiger partial charge on any atom is 0.417 e. The molecule has 1 aromatic heterocycles. The molecule has 106 valence electrons. The largest absolute Gasteiger partial charge is 0.417 e. The molecular formula is C15H15F3N2. The molecule has 1 unspecified atom stereocenters. The summed E-state index contributed by atoms with van der Waals surface area (Å²) in [7, 11) is 0. The fraction of sp³-hybridized carbons (Fsp3) is 0.400. The van der Waals surface area contributed by atoms with E-state index in [0.717, 1.165) is 31.1 Å². The monoisotopic (exact) mass is 280 g/mol. The number of imidazole rings is 1. The molecule has 0 fully saturated rings. The summed E-state index contributed by atoms with van der Waals surface area (Å²) in [6.07, 6.45) is -0.716. The van der Waals surface area contributed by atoms with Gasteiger partial charge in [0.15, 0.2) is 0 Å². The highest BCUT2D eigenvalue weighted by atomic mass is 19.4. The Hall–Kier alpha value is -1.78. The van der Waals surface area contributed by atoms with Crippen LogP contribution >= 0.6 is 0 Å². The first kappa shape index (κ1) is 13.2. The van der Waals surface area contributed by atoms with Crippen molar-refractivity contribution < 1.29 is 13.2 Å². The van der Waals surface area contributed by atoms with Gasteiger partial charge in [-0.25, -0.2) is 4.98 Å². The first-order chi connectivity index (χ1) is 9.47. The molecule has 0 spiro atoms. The summed E-state index contributed by atoms with van der Waals surface area (Å²) >= 11 is 0. The average molecular weight is 280 g/mol. The van der Waals surface area contributed by atoms with Crippen molar-refractivity contribution in [3.05, 3.63) is 41.7 Å². The SMILES string of the molecule is CC1CCc2cnc(-c3ccccc3C(F)(F)F)n2C1. The van der Waals surface area contributed by atoms with Gasteiger partial charge in [0, 0.05) is 24.0 Å². The first-order valence-electron chi connectivity index (χ1n) is 6.68. The molecular weight excluding hydrogens is 265 g/mol. The Labute approximate surface area is 115 Å². The number of benzene rings is 1. The van der Waals surface area contributed by atoms with Crippen LogP contribution in [0, 0.1) is 5.92 Å². The van der Waals surface area contributed by atoms with Gasteiger partial charge in [-0.1, -0.05) is 25.1 Å². The predicted molar refractivity (Wildman–Crippen MR) is 70.2 cm³/mol. The van der Waals surface area contributed by atoms with Gasteiger partial charge in [0.1, 0.15) is 5.82 Å². The van der Waals surface area contributed by atoms with E-state index in [-0.39, 0.29) is 5.56 Å². The Balaban J connectivity index is 2.14. The van der Waals surface area contributed by atoms with Crippen LogP contribution in [0.3, 0.4) is 0 Å². The van der Waals surface area contributed by atoms with Gasteiger partial charge in [0.05, 0.1) is 5.56 Å². The molecule has 0 aliphatic carbocycles. The van der Waals surface area contributed by atoms with E-state index in [2.05, 4.69) is 11.9 Å². The van der Waals surface area contributed by atoms with E-state index in [0.29, 0.717) is 11.7 Å². The number of aromatic nitrogens is 2. The molecule has 0 radical (unpaired) electrons. The molecule has 0 amide bonds. The van der Waals surface area contributed by atoms with Gasteiger partial charge in [-0.15, -0.1) is 0 Å². The van der Waals surface area contributed by atoms with E-state index in [4.69, 9.17) is 0 Å². The molecule has 5 heteroatoms. The van der Waals surface area contributed by atoms with Crippen molar-refractivity contribution in [1.29, 1.82) is 0 Å². The number of hydrogen-bond acceptors (Lipinski definition) is 1. The Bertz CT molecular complexity index is 628. The fourth-order valence-electron chi connectivity index (χ4n) is 2.75. The van der Waals surface area contributed by atoms with Gasteiger partial charge in [-0.2, -0.15) is 13.2 Å². The van der Waals surface area contributed by atoms with Gasteiger partial charge in [-0.3, -0.25) is 0 Å². The van der Waals surface area contributed by atoms with Crippen LogP contribution in [-0.4, -0.2) is 9.55 Å². The molecule has 0 saturated carbocycles. The van der Waals surface area contributed by atoms with Gasteiger partial charge >= 0.3 is 6.18 Å². The van der Waals surface area contributed by atoms with Crippen LogP contribution in [0.1, 0.15) is 24.6 Å². The van der Waals surface area contributed by atoms with Gasteiger partial charge < -0.3 is 4.57 Å². The highest BCUT2D eigenvalue weighted by molar-refractivity contribution is 5.62. The molecule has 3 rings (SSSR count). The van der Waals surface area contributed by atoms with Crippen molar-refractivity contribution in [3.63, 3.8) is 0 Å². The normalized spacial score (nSPS) is 18.9. The molecule has 0 bridgehead atoms. The lowest BCUT2D eigenvalue weighted by Gasteiger charge is -2.23. The second-order valence-electron chi connectivity index (χ2n) is 5.37. The molecule has 1 atom stereocenters. The lowest BCUT2D eigenvalue weighted by molar-refractivity contribution is -0.137. The standard InChI is InChI=1S/C15H15F3N2/c1-10-6-7-11-8-19-14(20(11)9-10)12-4-2-3-5-13(12)15(16,17)18/h2-5,8,10H,6-7,9H2,1H3. The molecule has 2 nitrogen and oxygen atoms in total. The third kappa shape index (κ3) is 2.21. The van der Waals surface area contributed by atoms with Gasteiger partial charge in [-0.05, 0) is 24.8 Å².